The van der Waals surface area contributed by atoms with Crippen LogP contribution in [0.25, 0.3) is 16.8 Å². The Hall–Kier alpha value is -2.80. The van der Waals surface area contributed by atoms with Crippen LogP contribution >= 0.6 is 11.8 Å². The van der Waals surface area contributed by atoms with Crippen molar-refractivity contribution >= 4 is 45.7 Å². The third kappa shape index (κ3) is 3.94. The summed E-state index contributed by atoms with van der Waals surface area (Å²) in [5.41, 5.74) is 0.827. The quantitative estimate of drug-likeness (QED) is 0.690. The van der Waals surface area contributed by atoms with Gasteiger partial charge in [-0.3, -0.25) is 19.3 Å². The Morgan fingerprint density at radius 1 is 1.13 bits per heavy atom. The SMILES string of the molecule is COc1ccc(C=C2SC(=O)N(CC(=O)N3CCC(C)CC3)C2=O)c2ccccc12. The Labute approximate surface area is 179 Å². The number of piperidine rings is 1. The lowest BCUT2D eigenvalue weighted by Gasteiger charge is -2.31. The van der Waals surface area contributed by atoms with Crippen LogP contribution in [0.1, 0.15) is 25.3 Å². The monoisotopic (exact) mass is 424 g/mol. The van der Waals surface area contributed by atoms with Gasteiger partial charge < -0.3 is 9.64 Å². The van der Waals surface area contributed by atoms with Crippen LogP contribution in [0.3, 0.4) is 0 Å². The van der Waals surface area contributed by atoms with Gasteiger partial charge in [-0.2, -0.15) is 0 Å². The number of nitrogens with zero attached hydrogens (tertiary/aromatic N) is 2. The van der Waals surface area contributed by atoms with E-state index in [2.05, 4.69) is 6.92 Å². The molecule has 2 fully saturated rings. The number of hydrogen-bond donors (Lipinski definition) is 0. The molecule has 2 aliphatic heterocycles. The molecule has 156 valence electrons. The van der Waals surface area contributed by atoms with Crippen LogP contribution in [-0.4, -0.2) is 53.6 Å². The zero-order valence-electron chi connectivity index (χ0n) is 17.1. The van der Waals surface area contributed by atoms with Crippen molar-refractivity contribution in [1.29, 1.82) is 0 Å². The van der Waals surface area contributed by atoms with E-state index in [0.717, 1.165) is 51.6 Å². The van der Waals surface area contributed by atoms with Crippen LogP contribution in [0.15, 0.2) is 41.3 Å². The van der Waals surface area contributed by atoms with Crippen molar-refractivity contribution in [3.8, 4) is 5.75 Å². The fourth-order valence-electron chi connectivity index (χ4n) is 3.87. The first-order valence-electron chi connectivity index (χ1n) is 10.1. The van der Waals surface area contributed by atoms with Crippen molar-refractivity contribution in [3.63, 3.8) is 0 Å². The maximum absolute atomic E-state index is 12.9. The molecule has 0 bridgehead atoms. The van der Waals surface area contributed by atoms with Crippen molar-refractivity contribution in [3.05, 3.63) is 46.9 Å². The molecule has 2 heterocycles. The fourth-order valence-corrected chi connectivity index (χ4v) is 4.70. The molecule has 2 aromatic rings. The number of imide groups is 1. The van der Waals surface area contributed by atoms with Crippen LogP contribution < -0.4 is 4.74 Å². The number of ether oxygens (including phenoxy) is 1. The lowest BCUT2D eigenvalue weighted by atomic mass is 9.99. The van der Waals surface area contributed by atoms with Crippen molar-refractivity contribution in [2.45, 2.75) is 19.8 Å². The molecule has 7 heteroatoms. The predicted molar refractivity (Wildman–Crippen MR) is 118 cm³/mol. The zero-order valence-corrected chi connectivity index (χ0v) is 17.9. The van der Waals surface area contributed by atoms with E-state index >= 15 is 0 Å². The smallest absolute Gasteiger partial charge is 0.294 e. The largest absolute Gasteiger partial charge is 0.496 e. The molecular weight excluding hydrogens is 400 g/mol. The van der Waals surface area contributed by atoms with E-state index in [1.807, 2.05) is 36.4 Å². The number of hydrogen-bond acceptors (Lipinski definition) is 5. The number of thioether (sulfide) groups is 1. The molecule has 0 atom stereocenters. The molecule has 6 nitrogen and oxygen atoms in total. The van der Waals surface area contributed by atoms with Gasteiger partial charge in [-0.15, -0.1) is 0 Å². The lowest BCUT2D eigenvalue weighted by molar-refractivity contribution is -0.136. The minimum absolute atomic E-state index is 0.166. The second kappa shape index (κ2) is 8.52. The molecule has 30 heavy (non-hydrogen) atoms. The van der Waals surface area contributed by atoms with E-state index in [1.54, 1.807) is 18.1 Å². The van der Waals surface area contributed by atoms with Crippen molar-refractivity contribution in [2.75, 3.05) is 26.7 Å². The summed E-state index contributed by atoms with van der Waals surface area (Å²) in [7, 11) is 1.62. The van der Waals surface area contributed by atoms with Crippen molar-refractivity contribution < 1.29 is 19.1 Å². The van der Waals surface area contributed by atoms with Gasteiger partial charge in [-0.25, -0.2) is 0 Å². The van der Waals surface area contributed by atoms with Gasteiger partial charge in [0, 0.05) is 18.5 Å². The summed E-state index contributed by atoms with van der Waals surface area (Å²) in [6.45, 7) is 3.35. The van der Waals surface area contributed by atoms with Gasteiger partial charge >= 0.3 is 0 Å². The summed E-state index contributed by atoms with van der Waals surface area (Å²) in [6, 6.07) is 11.5. The normalized spacial score (nSPS) is 19.2. The lowest BCUT2D eigenvalue weighted by Crippen LogP contribution is -2.45. The standard InChI is InChI=1S/C23H24N2O4S/c1-15-9-11-24(12-10-15)21(26)14-25-22(27)20(30-23(25)28)13-16-7-8-19(29-2)18-6-4-3-5-17(16)18/h3-8,13,15H,9-12,14H2,1-2H3. The van der Waals surface area contributed by atoms with Crippen LogP contribution in [0.4, 0.5) is 4.79 Å². The number of carbonyl (C=O) groups is 3. The summed E-state index contributed by atoms with van der Waals surface area (Å²) in [5.74, 6) is 0.773. The third-order valence-corrected chi connectivity index (χ3v) is 6.63. The first-order valence-corrected chi connectivity index (χ1v) is 10.9. The molecule has 0 aliphatic carbocycles. The van der Waals surface area contributed by atoms with Gasteiger partial charge in [0.1, 0.15) is 12.3 Å². The average Bonchev–Trinajstić information content (AvgIpc) is 3.01. The number of rotatable bonds is 4. The molecule has 0 radical (unpaired) electrons. The van der Waals surface area contributed by atoms with Crippen LogP contribution in [0.5, 0.6) is 5.75 Å². The highest BCUT2D eigenvalue weighted by Gasteiger charge is 2.37. The molecule has 3 amide bonds. The maximum atomic E-state index is 12.9. The van der Waals surface area contributed by atoms with Crippen LogP contribution in [0, 0.1) is 5.92 Å². The number of benzene rings is 2. The van der Waals surface area contributed by atoms with E-state index in [1.165, 1.54) is 0 Å². The van der Waals surface area contributed by atoms with Gasteiger partial charge in [0.15, 0.2) is 0 Å². The minimum Gasteiger partial charge on any atom is -0.496 e. The molecule has 4 rings (SSSR count). The topological polar surface area (TPSA) is 66.9 Å². The Morgan fingerprint density at radius 3 is 2.53 bits per heavy atom. The van der Waals surface area contributed by atoms with E-state index in [9.17, 15) is 14.4 Å². The highest BCUT2D eigenvalue weighted by atomic mass is 32.2. The van der Waals surface area contributed by atoms with Crippen LogP contribution in [-0.2, 0) is 9.59 Å². The molecule has 0 aromatic heterocycles. The fraction of sp³-hybridized carbons (Fsp3) is 0.348. The molecule has 0 unspecified atom stereocenters. The van der Waals surface area contributed by atoms with Gasteiger partial charge in [0.2, 0.25) is 5.91 Å². The van der Waals surface area contributed by atoms with Crippen LogP contribution in [0.2, 0.25) is 0 Å². The molecular formula is C23H24N2O4S. The Bertz CT molecular complexity index is 1040. The van der Waals surface area contributed by atoms with Gasteiger partial charge in [0.25, 0.3) is 11.1 Å². The van der Waals surface area contributed by atoms with E-state index in [0.29, 0.717) is 23.9 Å². The summed E-state index contributed by atoms with van der Waals surface area (Å²) in [5, 5.41) is 1.47. The number of amides is 3. The second-order valence-corrected chi connectivity index (χ2v) is 8.73. The molecule has 2 saturated heterocycles. The van der Waals surface area contributed by atoms with E-state index in [-0.39, 0.29) is 12.5 Å². The summed E-state index contributed by atoms with van der Waals surface area (Å²) in [6.07, 6.45) is 3.63. The van der Waals surface area contributed by atoms with Gasteiger partial charge in [-0.1, -0.05) is 37.3 Å². The summed E-state index contributed by atoms with van der Waals surface area (Å²) < 4.78 is 5.42. The molecule has 0 N–H and O–H groups in total. The Morgan fingerprint density at radius 2 is 1.83 bits per heavy atom. The number of likely N-dealkylation sites (tertiary alicyclic amines) is 1. The van der Waals surface area contributed by atoms with E-state index < -0.39 is 11.1 Å². The number of fused-ring (bicyclic) bond motifs is 1. The highest BCUT2D eigenvalue weighted by Crippen LogP contribution is 2.35. The average molecular weight is 425 g/mol. The minimum atomic E-state index is -0.413. The van der Waals surface area contributed by atoms with Gasteiger partial charge in [-0.05, 0) is 53.6 Å². The summed E-state index contributed by atoms with van der Waals surface area (Å²) >= 11 is 0.881. The molecule has 0 saturated carbocycles. The molecule has 2 aliphatic rings. The van der Waals surface area contributed by atoms with Crippen molar-refractivity contribution in [2.24, 2.45) is 5.92 Å². The third-order valence-electron chi connectivity index (χ3n) is 5.73. The molecule has 2 aromatic carbocycles. The Kier molecular flexibility index (Phi) is 5.81. The first-order chi connectivity index (χ1) is 14.5. The number of carbonyl (C=O) groups excluding carboxylic acids is 3. The maximum Gasteiger partial charge on any atom is 0.294 e. The predicted octanol–water partition coefficient (Wildman–Crippen LogP) is 4.14. The highest BCUT2D eigenvalue weighted by molar-refractivity contribution is 8.18. The van der Waals surface area contributed by atoms with E-state index in [4.69, 9.17) is 4.74 Å². The number of methoxy groups -OCH3 is 1. The Balaban J connectivity index is 1.55. The summed E-state index contributed by atoms with van der Waals surface area (Å²) in [4.78, 5) is 41.1. The zero-order chi connectivity index (χ0) is 21.3. The molecule has 0 spiro atoms. The first kappa shape index (κ1) is 20.5. The van der Waals surface area contributed by atoms with Gasteiger partial charge in [0.05, 0.1) is 12.0 Å². The van der Waals surface area contributed by atoms with Crippen molar-refractivity contribution in [1.82, 2.24) is 9.80 Å². The second-order valence-electron chi connectivity index (χ2n) is 7.73.